The fourth-order valence-electron chi connectivity index (χ4n) is 1.28. The van der Waals surface area contributed by atoms with Crippen LogP contribution < -0.4 is 0 Å². The van der Waals surface area contributed by atoms with Crippen LogP contribution in [-0.4, -0.2) is 30.7 Å². The summed E-state index contributed by atoms with van der Waals surface area (Å²) in [5, 5.41) is 9.37. The Morgan fingerprint density at radius 2 is 2.17 bits per heavy atom. The SMILES string of the molecule is CCC1OCCCCC(O)CO1. The van der Waals surface area contributed by atoms with Crippen LogP contribution in [-0.2, 0) is 9.47 Å². The molecular formula is C9H18O3. The Balaban J connectivity index is 2.29. The highest BCUT2D eigenvalue weighted by molar-refractivity contribution is 4.57. The molecule has 0 amide bonds. The number of hydrogen-bond acceptors (Lipinski definition) is 3. The lowest BCUT2D eigenvalue weighted by atomic mass is 10.2. The van der Waals surface area contributed by atoms with E-state index in [0.717, 1.165) is 32.3 Å². The lowest BCUT2D eigenvalue weighted by Crippen LogP contribution is -2.22. The van der Waals surface area contributed by atoms with E-state index in [2.05, 4.69) is 0 Å². The molecule has 3 heteroatoms. The Bertz CT molecular complexity index is 116. The van der Waals surface area contributed by atoms with Crippen LogP contribution >= 0.6 is 0 Å². The first-order valence-electron chi connectivity index (χ1n) is 4.74. The summed E-state index contributed by atoms with van der Waals surface area (Å²) in [5.74, 6) is 0. The topological polar surface area (TPSA) is 38.7 Å². The Kier molecular flexibility index (Phi) is 4.58. The zero-order chi connectivity index (χ0) is 8.81. The summed E-state index contributed by atoms with van der Waals surface area (Å²) in [6, 6.07) is 0. The summed E-state index contributed by atoms with van der Waals surface area (Å²) in [5.41, 5.74) is 0. The monoisotopic (exact) mass is 174 g/mol. The molecule has 0 aromatic rings. The van der Waals surface area contributed by atoms with Gasteiger partial charge in [-0.2, -0.15) is 0 Å². The molecule has 0 saturated carbocycles. The highest BCUT2D eigenvalue weighted by Gasteiger charge is 2.12. The molecule has 0 aliphatic carbocycles. The number of aliphatic hydroxyl groups is 1. The summed E-state index contributed by atoms with van der Waals surface area (Å²) in [7, 11) is 0. The maximum absolute atomic E-state index is 9.37. The molecule has 72 valence electrons. The van der Waals surface area contributed by atoms with E-state index in [9.17, 15) is 5.11 Å². The second kappa shape index (κ2) is 5.51. The van der Waals surface area contributed by atoms with E-state index in [-0.39, 0.29) is 12.4 Å². The highest BCUT2D eigenvalue weighted by atomic mass is 16.7. The number of aliphatic hydroxyl groups excluding tert-OH is 1. The van der Waals surface area contributed by atoms with Gasteiger partial charge in [0.25, 0.3) is 0 Å². The molecule has 1 saturated heterocycles. The van der Waals surface area contributed by atoms with E-state index in [1.54, 1.807) is 0 Å². The molecule has 1 N–H and O–H groups in total. The maximum Gasteiger partial charge on any atom is 0.157 e. The van der Waals surface area contributed by atoms with E-state index in [1.807, 2.05) is 6.92 Å². The highest BCUT2D eigenvalue weighted by Crippen LogP contribution is 2.10. The summed E-state index contributed by atoms with van der Waals surface area (Å²) < 4.78 is 10.8. The normalized spacial score (nSPS) is 33.5. The van der Waals surface area contributed by atoms with Crippen molar-refractivity contribution in [1.82, 2.24) is 0 Å². The van der Waals surface area contributed by atoms with Crippen LogP contribution in [0.1, 0.15) is 32.6 Å². The summed E-state index contributed by atoms with van der Waals surface area (Å²) in [6.07, 6.45) is 3.32. The first-order chi connectivity index (χ1) is 5.83. The molecule has 0 bridgehead atoms. The van der Waals surface area contributed by atoms with Crippen molar-refractivity contribution >= 4 is 0 Å². The molecule has 2 unspecified atom stereocenters. The molecule has 0 radical (unpaired) electrons. The van der Waals surface area contributed by atoms with Gasteiger partial charge < -0.3 is 14.6 Å². The molecule has 1 aliphatic heterocycles. The van der Waals surface area contributed by atoms with Gasteiger partial charge in [-0.15, -0.1) is 0 Å². The van der Waals surface area contributed by atoms with Crippen LogP contribution in [0.5, 0.6) is 0 Å². The Hall–Kier alpha value is -0.120. The van der Waals surface area contributed by atoms with Gasteiger partial charge in [-0.05, 0) is 25.7 Å². The second-order valence-electron chi connectivity index (χ2n) is 3.19. The molecule has 1 rings (SSSR count). The van der Waals surface area contributed by atoms with Crippen LogP contribution in [0.15, 0.2) is 0 Å². The van der Waals surface area contributed by atoms with Gasteiger partial charge in [0.1, 0.15) is 0 Å². The molecule has 0 aromatic heterocycles. The van der Waals surface area contributed by atoms with E-state index in [1.165, 1.54) is 0 Å². The number of ether oxygens (including phenoxy) is 2. The van der Waals surface area contributed by atoms with Crippen LogP contribution in [0.2, 0.25) is 0 Å². The van der Waals surface area contributed by atoms with Crippen molar-refractivity contribution in [2.45, 2.75) is 45.0 Å². The van der Waals surface area contributed by atoms with Crippen LogP contribution in [0.3, 0.4) is 0 Å². The number of hydrogen-bond donors (Lipinski definition) is 1. The van der Waals surface area contributed by atoms with Crippen LogP contribution in [0.4, 0.5) is 0 Å². The second-order valence-corrected chi connectivity index (χ2v) is 3.19. The van der Waals surface area contributed by atoms with Gasteiger partial charge in [0.15, 0.2) is 6.29 Å². The standard InChI is InChI=1S/C9H18O3/c1-2-9-11-6-4-3-5-8(10)7-12-9/h8-10H,2-7H2,1H3. The molecule has 2 atom stereocenters. The first-order valence-corrected chi connectivity index (χ1v) is 4.74. The van der Waals surface area contributed by atoms with Crippen LogP contribution in [0.25, 0.3) is 0 Å². The van der Waals surface area contributed by atoms with Crippen molar-refractivity contribution in [1.29, 1.82) is 0 Å². The molecule has 1 heterocycles. The Labute approximate surface area is 73.7 Å². The maximum atomic E-state index is 9.37. The van der Waals surface area contributed by atoms with E-state index in [4.69, 9.17) is 9.47 Å². The third-order valence-electron chi connectivity index (χ3n) is 2.04. The van der Waals surface area contributed by atoms with Crippen molar-refractivity contribution < 1.29 is 14.6 Å². The van der Waals surface area contributed by atoms with Crippen molar-refractivity contribution in [3.63, 3.8) is 0 Å². The molecule has 0 aromatic carbocycles. The summed E-state index contributed by atoms with van der Waals surface area (Å²) in [6.45, 7) is 3.19. The van der Waals surface area contributed by atoms with E-state index >= 15 is 0 Å². The average Bonchev–Trinajstić information content (AvgIpc) is 2.17. The zero-order valence-corrected chi connectivity index (χ0v) is 7.66. The van der Waals surface area contributed by atoms with E-state index in [0.29, 0.717) is 6.61 Å². The average molecular weight is 174 g/mol. The van der Waals surface area contributed by atoms with Crippen LogP contribution in [0, 0.1) is 0 Å². The quantitative estimate of drug-likeness (QED) is 0.651. The predicted octanol–water partition coefficient (Wildman–Crippen LogP) is 1.30. The lowest BCUT2D eigenvalue weighted by molar-refractivity contribution is -0.154. The Morgan fingerprint density at radius 1 is 1.33 bits per heavy atom. The largest absolute Gasteiger partial charge is 0.391 e. The van der Waals surface area contributed by atoms with Crippen molar-refractivity contribution in [2.75, 3.05) is 13.2 Å². The third-order valence-corrected chi connectivity index (χ3v) is 2.04. The molecule has 3 nitrogen and oxygen atoms in total. The van der Waals surface area contributed by atoms with Gasteiger partial charge in [-0.1, -0.05) is 6.92 Å². The molecule has 1 aliphatic rings. The smallest absolute Gasteiger partial charge is 0.157 e. The minimum Gasteiger partial charge on any atom is -0.391 e. The van der Waals surface area contributed by atoms with Gasteiger partial charge in [-0.25, -0.2) is 0 Å². The number of rotatable bonds is 1. The fraction of sp³-hybridized carbons (Fsp3) is 1.00. The molecule has 0 spiro atoms. The minimum absolute atomic E-state index is 0.113. The van der Waals surface area contributed by atoms with Crippen molar-refractivity contribution in [3.8, 4) is 0 Å². The fourth-order valence-corrected chi connectivity index (χ4v) is 1.28. The molecular weight excluding hydrogens is 156 g/mol. The first kappa shape index (κ1) is 9.96. The summed E-state index contributed by atoms with van der Waals surface area (Å²) >= 11 is 0. The third kappa shape index (κ3) is 3.52. The zero-order valence-electron chi connectivity index (χ0n) is 7.66. The Morgan fingerprint density at radius 3 is 2.92 bits per heavy atom. The molecule has 12 heavy (non-hydrogen) atoms. The van der Waals surface area contributed by atoms with Gasteiger partial charge in [0.05, 0.1) is 12.7 Å². The van der Waals surface area contributed by atoms with Gasteiger partial charge in [0, 0.05) is 6.61 Å². The van der Waals surface area contributed by atoms with Crippen molar-refractivity contribution in [2.24, 2.45) is 0 Å². The van der Waals surface area contributed by atoms with Gasteiger partial charge >= 0.3 is 0 Å². The minimum atomic E-state index is -0.305. The summed E-state index contributed by atoms with van der Waals surface area (Å²) in [4.78, 5) is 0. The van der Waals surface area contributed by atoms with E-state index < -0.39 is 0 Å². The molecule has 1 fully saturated rings. The van der Waals surface area contributed by atoms with Crippen molar-refractivity contribution in [3.05, 3.63) is 0 Å². The van der Waals surface area contributed by atoms with Gasteiger partial charge in [-0.3, -0.25) is 0 Å². The lowest BCUT2D eigenvalue weighted by Gasteiger charge is -2.16. The predicted molar refractivity (Wildman–Crippen MR) is 45.8 cm³/mol. The van der Waals surface area contributed by atoms with Gasteiger partial charge in [0.2, 0.25) is 0 Å².